The smallest absolute Gasteiger partial charge is 0.229 e. The van der Waals surface area contributed by atoms with Gasteiger partial charge in [0, 0.05) is 24.0 Å². The lowest BCUT2D eigenvalue weighted by Gasteiger charge is -2.11. The summed E-state index contributed by atoms with van der Waals surface area (Å²) in [6.07, 6.45) is 4.61. The zero-order chi connectivity index (χ0) is 21.3. The van der Waals surface area contributed by atoms with E-state index in [9.17, 15) is 8.42 Å². The molecule has 0 aliphatic heterocycles. The lowest BCUT2D eigenvalue weighted by atomic mass is 10.1. The number of rotatable bonds is 6. The van der Waals surface area contributed by atoms with E-state index in [2.05, 4.69) is 52.2 Å². The van der Waals surface area contributed by atoms with Crippen LogP contribution in [0.5, 0.6) is 0 Å². The number of hydrogen-bond acceptors (Lipinski definition) is 5. The maximum atomic E-state index is 11.5. The molecule has 0 saturated carbocycles. The molecule has 4 aromatic rings. The molecule has 0 saturated heterocycles. The highest BCUT2D eigenvalue weighted by Crippen LogP contribution is 2.27. The number of hydrogen-bond donors (Lipinski definition) is 2. The van der Waals surface area contributed by atoms with Crippen LogP contribution in [0.4, 0.5) is 11.5 Å². The molecule has 0 unspecified atom stereocenters. The molecule has 2 heterocycles. The van der Waals surface area contributed by atoms with Crippen molar-refractivity contribution in [2.45, 2.75) is 20.4 Å². The minimum absolute atomic E-state index is 0.499. The van der Waals surface area contributed by atoms with Gasteiger partial charge < -0.3 is 5.32 Å². The van der Waals surface area contributed by atoms with E-state index in [1.54, 1.807) is 35.1 Å². The predicted molar refractivity (Wildman–Crippen MR) is 120 cm³/mol. The van der Waals surface area contributed by atoms with E-state index in [0.717, 1.165) is 23.2 Å². The van der Waals surface area contributed by atoms with Crippen molar-refractivity contribution < 1.29 is 8.42 Å². The van der Waals surface area contributed by atoms with Gasteiger partial charge in [-0.25, -0.2) is 13.4 Å². The van der Waals surface area contributed by atoms with Crippen LogP contribution in [0.15, 0.2) is 60.9 Å². The van der Waals surface area contributed by atoms with Crippen LogP contribution >= 0.6 is 0 Å². The van der Waals surface area contributed by atoms with E-state index in [1.165, 1.54) is 16.7 Å². The summed E-state index contributed by atoms with van der Waals surface area (Å²) in [5.41, 5.74) is 6.55. The van der Waals surface area contributed by atoms with Crippen LogP contribution in [0.2, 0.25) is 0 Å². The first-order chi connectivity index (χ1) is 14.3. The summed E-state index contributed by atoms with van der Waals surface area (Å²) in [5, 5.41) is 7.94. The van der Waals surface area contributed by atoms with Gasteiger partial charge in [0.1, 0.15) is 5.82 Å². The van der Waals surface area contributed by atoms with E-state index in [4.69, 9.17) is 0 Å². The second kappa shape index (κ2) is 7.79. The van der Waals surface area contributed by atoms with Crippen LogP contribution in [-0.2, 0) is 16.6 Å². The SMILES string of the molecule is Cc1ccc(CNc2ccnc3c(-c4cccc(NS(C)(=O)=O)c4)cnn23)c(C)c1. The zero-order valence-corrected chi connectivity index (χ0v) is 17.9. The molecule has 8 heteroatoms. The minimum Gasteiger partial charge on any atom is -0.366 e. The number of benzene rings is 2. The van der Waals surface area contributed by atoms with Crippen molar-refractivity contribution in [2.75, 3.05) is 16.3 Å². The Morgan fingerprint density at radius 3 is 2.67 bits per heavy atom. The van der Waals surface area contributed by atoms with Gasteiger partial charge in [0.25, 0.3) is 0 Å². The van der Waals surface area contributed by atoms with Crippen molar-refractivity contribution in [3.05, 3.63) is 77.6 Å². The molecule has 7 nitrogen and oxygen atoms in total. The summed E-state index contributed by atoms with van der Waals surface area (Å²) >= 11 is 0. The number of anilines is 2. The predicted octanol–water partition coefficient (Wildman–Crippen LogP) is 4.00. The van der Waals surface area contributed by atoms with Crippen molar-refractivity contribution in [1.82, 2.24) is 14.6 Å². The molecule has 0 radical (unpaired) electrons. The van der Waals surface area contributed by atoms with Crippen LogP contribution in [0.3, 0.4) is 0 Å². The summed E-state index contributed by atoms with van der Waals surface area (Å²) in [6, 6.07) is 15.5. The van der Waals surface area contributed by atoms with E-state index >= 15 is 0 Å². The third kappa shape index (κ3) is 4.28. The summed E-state index contributed by atoms with van der Waals surface area (Å²) in [5.74, 6) is 0.830. The monoisotopic (exact) mass is 421 g/mol. The van der Waals surface area contributed by atoms with Gasteiger partial charge in [0.2, 0.25) is 10.0 Å². The Hall–Kier alpha value is -3.39. The first-order valence-electron chi connectivity index (χ1n) is 9.51. The quantitative estimate of drug-likeness (QED) is 0.491. The van der Waals surface area contributed by atoms with E-state index in [0.29, 0.717) is 17.9 Å². The third-order valence-corrected chi connectivity index (χ3v) is 5.44. The standard InChI is InChI=1S/C22H23N5O2S/c1-15-7-8-18(16(2)11-15)13-24-21-9-10-23-22-20(14-25-27(21)22)17-5-4-6-19(12-17)26-30(3,28)29/h4-12,14,24,26H,13H2,1-3H3. The Morgan fingerprint density at radius 2 is 1.90 bits per heavy atom. The van der Waals surface area contributed by atoms with Crippen molar-refractivity contribution in [1.29, 1.82) is 0 Å². The Bertz CT molecular complexity index is 1330. The average molecular weight is 422 g/mol. The molecule has 154 valence electrons. The van der Waals surface area contributed by atoms with E-state index < -0.39 is 10.0 Å². The highest BCUT2D eigenvalue weighted by molar-refractivity contribution is 7.92. The van der Waals surface area contributed by atoms with E-state index in [-0.39, 0.29) is 0 Å². The second-order valence-electron chi connectivity index (χ2n) is 7.36. The van der Waals surface area contributed by atoms with Crippen LogP contribution in [0, 0.1) is 13.8 Å². The molecule has 0 bridgehead atoms. The van der Waals surface area contributed by atoms with Gasteiger partial charge in [0.15, 0.2) is 5.65 Å². The second-order valence-corrected chi connectivity index (χ2v) is 9.11. The summed E-state index contributed by atoms with van der Waals surface area (Å²) < 4.78 is 27.3. The number of nitrogens with zero attached hydrogens (tertiary/aromatic N) is 3. The van der Waals surface area contributed by atoms with Crippen LogP contribution < -0.4 is 10.0 Å². The number of aromatic nitrogens is 3. The molecule has 0 spiro atoms. The summed E-state index contributed by atoms with van der Waals surface area (Å²) in [6.45, 7) is 4.87. The maximum Gasteiger partial charge on any atom is 0.229 e. The fourth-order valence-corrected chi connectivity index (χ4v) is 3.98. The van der Waals surface area contributed by atoms with Gasteiger partial charge in [0.05, 0.1) is 12.5 Å². The molecule has 2 aromatic heterocycles. The summed E-state index contributed by atoms with van der Waals surface area (Å²) in [4.78, 5) is 4.49. The molecule has 0 fully saturated rings. The van der Waals surface area contributed by atoms with Crippen LogP contribution in [0.1, 0.15) is 16.7 Å². The topological polar surface area (TPSA) is 88.4 Å². The van der Waals surface area contributed by atoms with Crippen molar-refractivity contribution in [3.63, 3.8) is 0 Å². The molecular formula is C22H23N5O2S. The normalized spacial score (nSPS) is 11.6. The van der Waals surface area contributed by atoms with Gasteiger partial charge in [-0.2, -0.15) is 9.61 Å². The lowest BCUT2D eigenvalue weighted by Crippen LogP contribution is -2.09. The zero-order valence-electron chi connectivity index (χ0n) is 17.0. The van der Waals surface area contributed by atoms with Gasteiger partial charge in [-0.3, -0.25) is 4.72 Å². The van der Waals surface area contributed by atoms with Crippen molar-refractivity contribution in [3.8, 4) is 11.1 Å². The molecule has 2 aromatic carbocycles. The summed E-state index contributed by atoms with van der Waals surface area (Å²) in [7, 11) is -3.35. The Kier molecular flexibility index (Phi) is 5.17. The highest BCUT2D eigenvalue weighted by atomic mass is 32.2. The Balaban J connectivity index is 1.64. The number of fused-ring (bicyclic) bond motifs is 1. The largest absolute Gasteiger partial charge is 0.366 e. The average Bonchev–Trinajstić information content (AvgIpc) is 3.11. The van der Waals surface area contributed by atoms with E-state index in [1.807, 2.05) is 12.1 Å². The fourth-order valence-electron chi connectivity index (χ4n) is 3.42. The molecule has 0 atom stereocenters. The molecular weight excluding hydrogens is 398 g/mol. The third-order valence-electron chi connectivity index (χ3n) is 4.84. The Morgan fingerprint density at radius 1 is 1.07 bits per heavy atom. The van der Waals surface area contributed by atoms with Crippen molar-refractivity contribution >= 4 is 27.2 Å². The molecule has 0 amide bonds. The van der Waals surface area contributed by atoms with Gasteiger partial charge in [-0.05, 0) is 48.7 Å². The molecule has 0 aliphatic rings. The van der Waals surface area contributed by atoms with Gasteiger partial charge in [-0.15, -0.1) is 0 Å². The molecule has 4 rings (SSSR count). The first kappa shape index (κ1) is 19.9. The van der Waals surface area contributed by atoms with Crippen LogP contribution in [0.25, 0.3) is 16.8 Å². The van der Waals surface area contributed by atoms with Crippen LogP contribution in [-0.4, -0.2) is 29.3 Å². The van der Waals surface area contributed by atoms with Gasteiger partial charge in [-0.1, -0.05) is 35.9 Å². The minimum atomic E-state index is -3.35. The van der Waals surface area contributed by atoms with Gasteiger partial charge >= 0.3 is 0 Å². The number of aryl methyl sites for hydroxylation is 2. The highest BCUT2D eigenvalue weighted by Gasteiger charge is 2.12. The molecule has 0 aliphatic carbocycles. The first-order valence-corrected chi connectivity index (χ1v) is 11.4. The molecule has 2 N–H and O–H groups in total. The van der Waals surface area contributed by atoms with Crippen molar-refractivity contribution in [2.24, 2.45) is 0 Å². The maximum absolute atomic E-state index is 11.5. The lowest BCUT2D eigenvalue weighted by molar-refractivity contribution is 0.607. The fraction of sp³-hybridized carbons (Fsp3) is 0.182. The number of nitrogens with one attached hydrogen (secondary N) is 2. The Labute approximate surface area is 175 Å². The number of sulfonamides is 1. The molecule has 30 heavy (non-hydrogen) atoms.